The Bertz CT molecular complexity index is 1180. The summed E-state index contributed by atoms with van der Waals surface area (Å²) in [7, 11) is -1.09. The van der Waals surface area contributed by atoms with Crippen LogP contribution < -0.4 is 11.1 Å². The minimum Gasteiger partial charge on any atom is -0.360 e. The molecule has 31 heavy (non-hydrogen) atoms. The summed E-state index contributed by atoms with van der Waals surface area (Å²) in [5.74, 6) is 0.681. The van der Waals surface area contributed by atoms with Crippen molar-refractivity contribution in [2.45, 2.75) is 45.9 Å². The first-order valence-electron chi connectivity index (χ1n) is 10.2. The van der Waals surface area contributed by atoms with Crippen LogP contribution >= 0.6 is 11.5 Å². The Morgan fingerprint density at radius 3 is 2.81 bits per heavy atom. The maximum absolute atomic E-state index is 5.81. The summed E-state index contributed by atoms with van der Waals surface area (Å²) < 4.78 is 14.0. The molecule has 9 nitrogen and oxygen atoms in total. The van der Waals surface area contributed by atoms with Crippen LogP contribution in [0.15, 0.2) is 30.9 Å². The van der Waals surface area contributed by atoms with Gasteiger partial charge in [-0.15, -0.1) is 0 Å². The van der Waals surface area contributed by atoms with Crippen molar-refractivity contribution in [1.29, 1.82) is 0 Å². The molecular weight excluding hydrogens is 428 g/mol. The van der Waals surface area contributed by atoms with Crippen molar-refractivity contribution in [2.75, 3.05) is 11.9 Å². The van der Waals surface area contributed by atoms with E-state index in [9.17, 15) is 0 Å². The molecule has 0 radical (unpaired) electrons. The summed E-state index contributed by atoms with van der Waals surface area (Å²) in [6.07, 6.45) is 7.64. The number of hydrogen-bond donors (Lipinski definition) is 2. The SMILES string of the molecule is Cc1cn2c(-c3cnn(COCC[Si](C)(C)C)c3)cnc2c(Nc2cc(CN)ns2)n1. The van der Waals surface area contributed by atoms with Crippen molar-refractivity contribution in [2.24, 2.45) is 5.73 Å². The molecule has 0 spiro atoms. The first-order valence-corrected chi connectivity index (χ1v) is 14.7. The van der Waals surface area contributed by atoms with E-state index in [0.29, 0.717) is 19.1 Å². The lowest BCUT2D eigenvalue weighted by Crippen LogP contribution is -2.22. The van der Waals surface area contributed by atoms with Gasteiger partial charge in [0.2, 0.25) is 0 Å². The number of anilines is 2. The number of rotatable bonds is 9. The normalized spacial score (nSPS) is 12.0. The number of nitrogens with zero attached hydrogens (tertiary/aromatic N) is 6. The Morgan fingerprint density at radius 2 is 2.06 bits per heavy atom. The van der Waals surface area contributed by atoms with Crippen molar-refractivity contribution in [3.05, 3.63) is 42.2 Å². The molecule has 0 aliphatic carbocycles. The van der Waals surface area contributed by atoms with Crippen molar-refractivity contribution >= 4 is 36.1 Å². The van der Waals surface area contributed by atoms with Gasteiger partial charge < -0.3 is 15.8 Å². The molecule has 0 bridgehead atoms. The molecule has 4 aromatic rings. The molecule has 0 atom stereocenters. The van der Waals surface area contributed by atoms with E-state index in [-0.39, 0.29) is 0 Å². The molecule has 11 heteroatoms. The maximum atomic E-state index is 5.81. The quantitative estimate of drug-likeness (QED) is 0.291. The number of aryl methyl sites for hydroxylation is 1. The number of fused-ring (bicyclic) bond motifs is 1. The van der Waals surface area contributed by atoms with Crippen LogP contribution in [0.4, 0.5) is 10.8 Å². The van der Waals surface area contributed by atoms with E-state index in [1.54, 1.807) is 0 Å². The zero-order chi connectivity index (χ0) is 22.0. The average Bonchev–Trinajstić information content (AvgIpc) is 3.43. The number of hydrogen-bond acceptors (Lipinski definition) is 8. The van der Waals surface area contributed by atoms with Crippen LogP contribution in [0.2, 0.25) is 25.7 Å². The molecule has 0 fully saturated rings. The Balaban J connectivity index is 1.54. The van der Waals surface area contributed by atoms with Crippen molar-refractivity contribution < 1.29 is 4.74 Å². The van der Waals surface area contributed by atoms with E-state index in [0.717, 1.165) is 45.9 Å². The standard InChI is InChI=1S/C20H28N8OSSi/c1-14-11-28-17(15-9-23-27(12-15)13-29-5-6-31(2,3)4)10-22-20(28)19(24-14)25-18-7-16(8-21)26-30-18/h7,9-12H,5-6,8,13,21H2,1-4H3,(H,24,25). The molecule has 3 N–H and O–H groups in total. The van der Waals surface area contributed by atoms with E-state index in [2.05, 4.69) is 44.4 Å². The number of aromatic nitrogens is 6. The van der Waals surface area contributed by atoms with Crippen LogP contribution in [0.5, 0.6) is 0 Å². The molecule has 0 aliphatic heterocycles. The second-order valence-electron chi connectivity index (χ2n) is 8.70. The molecule has 0 unspecified atom stereocenters. The van der Waals surface area contributed by atoms with Gasteiger partial charge in [-0.1, -0.05) is 19.6 Å². The predicted molar refractivity (Wildman–Crippen MR) is 126 cm³/mol. The summed E-state index contributed by atoms with van der Waals surface area (Å²) in [6, 6.07) is 3.07. The van der Waals surface area contributed by atoms with Gasteiger partial charge in [-0.05, 0) is 30.6 Å². The van der Waals surface area contributed by atoms with Gasteiger partial charge in [-0.2, -0.15) is 9.47 Å². The summed E-state index contributed by atoms with van der Waals surface area (Å²) in [6.45, 7) is 10.6. The van der Waals surface area contributed by atoms with E-state index in [1.165, 1.54) is 11.5 Å². The zero-order valence-electron chi connectivity index (χ0n) is 18.3. The summed E-state index contributed by atoms with van der Waals surface area (Å²) in [5.41, 5.74) is 10.0. The highest BCUT2D eigenvalue weighted by Gasteiger charge is 2.15. The van der Waals surface area contributed by atoms with E-state index in [4.69, 9.17) is 10.5 Å². The van der Waals surface area contributed by atoms with Crippen LogP contribution in [0.1, 0.15) is 11.4 Å². The number of nitrogens with two attached hydrogens (primary N) is 1. The Morgan fingerprint density at radius 1 is 1.23 bits per heavy atom. The van der Waals surface area contributed by atoms with E-state index in [1.807, 2.05) is 46.9 Å². The minimum atomic E-state index is -1.09. The third kappa shape index (κ3) is 5.18. The van der Waals surface area contributed by atoms with Crippen LogP contribution in [0.25, 0.3) is 16.9 Å². The summed E-state index contributed by atoms with van der Waals surface area (Å²) >= 11 is 1.36. The molecule has 0 aromatic carbocycles. The molecule has 4 heterocycles. The average molecular weight is 457 g/mol. The van der Waals surface area contributed by atoms with Gasteiger partial charge in [0.25, 0.3) is 0 Å². The largest absolute Gasteiger partial charge is 0.360 e. The van der Waals surface area contributed by atoms with Crippen molar-refractivity contribution in [3.8, 4) is 11.3 Å². The lowest BCUT2D eigenvalue weighted by molar-refractivity contribution is 0.0786. The van der Waals surface area contributed by atoms with Gasteiger partial charge in [-0.25, -0.2) is 14.6 Å². The van der Waals surface area contributed by atoms with Gasteiger partial charge in [0.1, 0.15) is 11.7 Å². The lowest BCUT2D eigenvalue weighted by atomic mass is 10.3. The third-order valence-corrected chi connectivity index (χ3v) is 7.22. The van der Waals surface area contributed by atoms with Crippen LogP contribution in [-0.2, 0) is 18.0 Å². The topological polar surface area (TPSA) is 108 Å². The Kier molecular flexibility index (Phi) is 6.19. The molecule has 0 amide bonds. The van der Waals surface area contributed by atoms with Crippen molar-refractivity contribution in [3.63, 3.8) is 0 Å². The molecule has 4 aromatic heterocycles. The molecule has 0 saturated heterocycles. The van der Waals surface area contributed by atoms with Gasteiger partial charge in [0.05, 0.1) is 29.5 Å². The fourth-order valence-electron chi connectivity index (χ4n) is 3.09. The highest BCUT2D eigenvalue weighted by atomic mass is 32.1. The molecule has 0 saturated carbocycles. The zero-order valence-corrected chi connectivity index (χ0v) is 20.1. The monoisotopic (exact) mass is 456 g/mol. The molecule has 164 valence electrons. The fraction of sp³-hybridized carbons (Fsp3) is 0.400. The lowest BCUT2D eigenvalue weighted by Gasteiger charge is -2.15. The van der Waals surface area contributed by atoms with E-state index < -0.39 is 8.07 Å². The van der Waals surface area contributed by atoms with E-state index >= 15 is 0 Å². The molecule has 0 aliphatic rings. The number of ether oxygens (including phenoxy) is 1. The van der Waals surface area contributed by atoms with Gasteiger partial charge in [-0.3, -0.25) is 4.40 Å². The Hall–Kier alpha value is -2.60. The highest BCUT2D eigenvalue weighted by molar-refractivity contribution is 7.10. The highest BCUT2D eigenvalue weighted by Crippen LogP contribution is 2.27. The molecule has 4 rings (SSSR count). The second kappa shape index (κ2) is 8.87. The number of imidazole rings is 1. The van der Waals surface area contributed by atoms with Gasteiger partial charge in [0.15, 0.2) is 11.5 Å². The van der Waals surface area contributed by atoms with Crippen LogP contribution in [0.3, 0.4) is 0 Å². The van der Waals surface area contributed by atoms with Gasteiger partial charge in [0, 0.05) is 39.2 Å². The fourth-order valence-corrected chi connectivity index (χ4v) is 4.52. The van der Waals surface area contributed by atoms with Crippen LogP contribution in [-0.4, -0.2) is 43.2 Å². The smallest absolute Gasteiger partial charge is 0.180 e. The molecular formula is C20H28N8OSSi. The Labute approximate surface area is 186 Å². The number of nitrogens with one attached hydrogen (secondary N) is 1. The third-order valence-electron chi connectivity index (χ3n) is 4.77. The van der Waals surface area contributed by atoms with Crippen LogP contribution in [0, 0.1) is 6.92 Å². The predicted octanol–water partition coefficient (Wildman–Crippen LogP) is 3.87. The van der Waals surface area contributed by atoms with Gasteiger partial charge >= 0.3 is 0 Å². The summed E-state index contributed by atoms with van der Waals surface area (Å²) in [5, 5.41) is 8.66. The first kappa shape index (κ1) is 21.6. The minimum absolute atomic E-state index is 0.411. The summed E-state index contributed by atoms with van der Waals surface area (Å²) in [4.78, 5) is 9.23. The van der Waals surface area contributed by atoms with Crippen molar-refractivity contribution in [1.82, 2.24) is 28.5 Å². The first-order chi connectivity index (χ1) is 14.8. The maximum Gasteiger partial charge on any atom is 0.180 e. The second-order valence-corrected chi connectivity index (χ2v) is 15.1.